The fraction of sp³-hybridized carbons (Fsp3) is 0.200. The molecule has 1 heterocycles. The Balaban J connectivity index is 2.18. The molecule has 1 aromatic heterocycles. The fourth-order valence-electron chi connectivity index (χ4n) is 1.87. The van der Waals surface area contributed by atoms with Gasteiger partial charge in [-0.15, -0.1) is 0 Å². The van der Waals surface area contributed by atoms with Gasteiger partial charge < -0.3 is 10.6 Å². The Labute approximate surface area is 137 Å². The Hall–Kier alpha value is -1.59. The van der Waals surface area contributed by atoms with Gasteiger partial charge in [0.25, 0.3) is 5.91 Å². The van der Waals surface area contributed by atoms with Crippen molar-refractivity contribution in [2.24, 2.45) is 0 Å². The summed E-state index contributed by atoms with van der Waals surface area (Å²) in [6.07, 6.45) is 1.50. The molecule has 4 nitrogen and oxygen atoms in total. The average Bonchev–Trinajstić information content (AvgIpc) is 2.40. The lowest BCUT2D eigenvalue weighted by Crippen LogP contribution is -2.13. The lowest BCUT2D eigenvalue weighted by molar-refractivity contribution is 0.102. The van der Waals surface area contributed by atoms with Gasteiger partial charge in [0.15, 0.2) is 0 Å². The number of hydrogen-bond acceptors (Lipinski definition) is 3. The number of nitrogens with one attached hydrogen (secondary N) is 2. The molecule has 0 spiro atoms. The van der Waals surface area contributed by atoms with E-state index in [4.69, 9.17) is 11.6 Å². The van der Waals surface area contributed by atoms with Gasteiger partial charge in [0.2, 0.25) is 0 Å². The summed E-state index contributed by atoms with van der Waals surface area (Å²) in [7, 11) is 0. The monoisotopic (exact) mass is 367 g/mol. The van der Waals surface area contributed by atoms with Crippen molar-refractivity contribution in [2.75, 3.05) is 17.2 Å². The summed E-state index contributed by atoms with van der Waals surface area (Å²) >= 11 is 9.50. The first-order chi connectivity index (χ1) is 9.99. The maximum atomic E-state index is 12.2. The standard InChI is InChI=1S/C15H15BrClN3O/c1-3-18-14-13(17)6-10(8-19-14)15(21)20-12-5-9(2)4-11(16)7-12/h4-8H,3H2,1-2H3,(H,18,19)(H,20,21). The smallest absolute Gasteiger partial charge is 0.257 e. The minimum Gasteiger partial charge on any atom is -0.369 e. The van der Waals surface area contributed by atoms with Crippen molar-refractivity contribution in [3.8, 4) is 0 Å². The number of aryl methyl sites for hydroxylation is 1. The molecule has 6 heteroatoms. The van der Waals surface area contributed by atoms with Gasteiger partial charge in [-0.2, -0.15) is 0 Å². The Morgan fingerprint density at radius 1 is 1.33 bits per heavy atom. The van der Waals surface area contributed by atoms with Crippen LogP contribution in [0.4, 0.5) is 11.5 Å². The molecular formula is C15H15BrClN3O. The first-order valence-corrected chi connectivity index (χ1v) is 7.64. The number of pyridine rings is 1. The molecule has 0 aliphatic carbocycles. The van der Waals surface area contributed by atoms with Crippen molar-refractivity contribution in [1.82, 2.24) is 4.98 Å². The van der Waals surface area contributed by atoms with E-state index in [0.717, 1.165) is 22.3 Å². The van der Waals surface area contributed by atoms with E-state index in [-0.39, 0.29) is 5.91 Å². The molecule has 2 aromatic rings. The van der Waals surface area contributed by atoms with E-state index in [1.807, 2.05) is 32.0 Å². The molecule has 2 N–H and O–H groups in total. The number of halogens is 2. The van der Waals surface area contributed by atoms with E-state index >= 15 is 0 Å². The first kappa shape index (κ1) is 15.8. The number of amides is 1. The van der Waals surface area contributed by atoms with Crippen LogP contribution < -0.4 is 10.6 Å². The maximum Gasteiger partial charge on any atom is 0.257 e. The molecule has 0 radical (unpaired) electrons. The molecule has 0 aliphatic heterocycles. The number of nitrogens with zero attached hydrogens (tertiary/aromatic N) is 1. The summed E-state index contributed by atoms with van der Waals surface area (Å²) in [5.41, 5.74) is 2.19. The van der Waals surface area contributed by atoms with E-state index < -0.39 is 0 Å². The number of carbonyl (C=O) groups excluding carboxylic acids is 1. The highest BCUT2D eigenvalue weighted by Gasteiger charge is 2.10. The van der Waals surface area contributed by atoms with Crippen LogP contribution in [0.3, 0.4) is 0 Å². The zero-order valence-corrected chi connectivity index (χ0v) is 14.0. The Morgan fingerprint density at radius 2 is 2.10 bits per heavy atom. The number of aromatic nitrogens is 1. The molecule has 110 valence electrons. The molecule has 21 heavy (non-hydrogen) atoms. The number of anilines is 2. The lowest BCUT2D eigenvalue weighted by atomic mass is 10.2. The third-order valence-corrected chi connectivity index (χ3v) is 3.49. The van der Waals surface area contributed by atoms with Crippen molar-refractivity contribution >= 4 is 44.9 Å². The van der Waals surface area contributed by atoms with Gasteiger partial charge >= 0.3 is 0 Å². The van der Waals surface area contributed by atoms with Gasteiger partial charge in [-0.25, -0.2) is 4.98 Å². The van der Waals surface area contributed by atoms with Gasteiger partial charge in [0.05, 0.1) is 10.6 Å². The normalized spacial score (nSPS) is 10.3. The molecule has 1 amide bonds. The zero-order valence-electron chi connectivity index (χ0n) is 11.7. The highest BCUT2D eigenvalue weighted by molar-refractivity contribution is 9.10. The Bertz CT molecular complexity index is 656. The SMILES string of the molecule is CCNc1ncc(C(=O)Nc2cc(C)cc(Br)c2)cc1Cl. The van der Waals surface area contributed by atoms with Gasteiger partial charge in [-0.1, -0.05) is 27.5 Å². The minimum absolute atomic E-state index is 0.245. The van der Waals surface area contributed by atoms with Crippen LogP contribution in [-0.2, 0) is 0 Å². The summed E-state index contributed by atoms with van der Waals surface area (Å²) in [6, 6.07) is 7.31. The molecule has 0 saturated carbocycles. The lowest BCUT2D eigenvalue weighted by Gasteiger charge is -2.09. The summed E-state index contributed by atoms with van der Waals surface area (Å²) in [6.45, 7) is 4.63. The number of benzene rings is 1. The topological polar surface area (TPSA) is 54.0 Å². The van der Waals surface area contributed by atoms with Crippen LogP contribution >= 0.6 is 27.5 Å². The summed E-state index contributed by atoms with van der Waals surface area (Å²) in [5.74, 6) is 0.332. The average molecular weight is 369 g/mol. The van der Waals surface area contributed by atoms with Crippen LogP contribution in [-0.4, -0.2) is 17.4 Å². The summed E-state index contributed by atoms with van der Waals surface area (Å²) in [5, 5.41) is 6.28. The maximum absolute atomic E-state index is 12.2. The molecule has 0 aliphatic rings. The molecule has 2 rings (SSSR count). The minimum atomic E-state index is -0.245. The second kappa shape index (κ2) is 6.91. The second-order valence-electron chi connectivity index (χ2n) is 4.56. The van der Waals surface area contributed by atoms with Gasteiger partial charge in [0.1, 0.15) is 5.82 Å². The predicted molar refractivity (Wildman–Crippen MR) is 90.2 cm³/mol. The van der Waals surface area contributed by atoms with Crippen LogP contribution in [0.5, 0.6) is 0 Å². The number of rotatable bonds is 4. The van der Waals surface area contributed by atoms with E-state index in [0.29, 0.717) is 16.4 Å². The summed E-state index contributed by atoms with van der Waals surface area (Å²) < 4.78 is 0.913. The van der Waals surface area contributed by atoms with Gasteiger partial charge in [-0.05, 0) is 43.7 Å². The number of carbonyl (C=O) groups is 1. The van der Waals surface area contributed by atoms with Crippen molar-refractivity contribution in [1.29, 1.82) is 0 Å². The highest BCUT2D eigenvalue weighted by atomic mass is 79.9. The van der Waals surface area contributed by atoms with Crippen LogP contribution in [0.15, 0.2) is 34.9 Å². The molecule has 0 atom stereocenters. The van der Waals surface area contributed by atoms with Crippen molar-refractivity contribution in [2.45, 2.75) is 13.8 Å². The molecule has 0 saturated heterocycles. The quantitative estimate of drug-likeness (QED) is 0.836. The van der Waals surface area contributed by atoms with Crippen LogP contribution in [0.1, 0.15) is 22.8 Å². The molecular weight excluding hydrogens is 354 g/mol. The van der Waals surface area contributed by atoms with Crippen LogP contribution in [0.2, 0.25) is 5.02 Å². The largest absolute Gasteiger partial charge is 0.369 e. The van der Waals surface area contributed by atoms with Gasteiger partial charge in [0, 0.05) is 22.9 Å². The fourth-order valence-corrected chi connectivity index (χ4v) is 2.71. The van der Waals surface area contributed by atoms with Crippen molar-refractivity contribution in [3.63, 3.8) is 0 Å². The van der Waals surface area contributed by atoms with E-state index in [1.165, 1.54) is 6.20 Å². The Kier molecular flexibility index (Phi) is 5.20. The van der Waals surface area contributed by atoms with E-state index in [1.54, 1.807) is 6.07 Å². The number of hydrogen-bond donors (Lipinski definition) is 2. The third-order valence-electron chi connectivity index (χ3n) is 2.75. The van der Waals surface area contributed by atoms with E-state index in [2.05, 4.69) is 31.5 Å². The van der Waals surface area contributed by atoms with Crippen molar-refractivity contribution < 1.29 is 4.79 Å². The predicted octanol–water partition coefficient (Wildman–Crippen LogP) is 4.49. The Morgan fingerprint density at radius 3 is 2.71 bits per heavy atom. The molecule has 0 fully saturated rings. The van der Waals surface area contributed by atoms with E-state index in [9.17, 15) is 4.79 Å². The second-order valence-corrected chi connectivity index (χ2v) is 5.88. The van der Waals surface area contributed by atoms with Gasteiger partial charge in [-0.3, -0.25) is 4.79 Å². The first-order valence-electron chi connectivity index (χ1n) is 6.47. The van der Waals surface area contributed by atoms with Crippen molar-refractivity contribution in [3.05, 3.63) is 51.1 Å². The molecule has 0 unspecified atom stereocenters. The summed E-state index contributed by atoms with van der Waals surface area (Å²) in [4.78, 5) is 16.4. The molecule has 1 aromatic carbocycles. The third kappa shape index (κ3) is 4.19. The molecule has 0 bridgehead atoms. The van der Waals surface area contributed by atoms with Crippen LogP contribution in [0.25, 0.3) is 0 Å². The highest BCUT2D eigenvalue weighted by Crippen LogP contribution is 2.22. The zero-order chi connectivity index (χ0) is 15.4. The van der Waals surface area contributed by atoms with Crippen LogP contribution in [0, 0.1) is 6.92 Å².